The van der Waals surface area contributed by atoms with Gasteiger partial charge in [0.25, 0.3) is 0 Å². The van der Waals surface area contributed by atoms with Crippen molar-refractivity contribution in [1.29, 1.82) is 0 Å². The zero-order chi connectivity index (χ0) is 16.7. The molecule has 24 heavy (non-hydrogen) atoms. The van der Waals surface area contributed by atoms with E-state index in [0.29, 0.717) is 28.9 Å². The van der Waals surface area contributed by atoms with Gasteiger partial charge in [0, 0.05) is 16.9 Å². The molecule has 0 unspecified atom stereocenters. The number of carboxylic acid groups (broad SMARTS) is 1. The maximum absolute atomic E-state index is 10.7. The normalized spacial score (nSPS) is 12.5. The molecular formula is C15H10ClN5O3. The standard InChI is InChI=1S/C15H10ClN5O3/c16-9-3-5-10(6-4-9)20-8-12-18-14(24-15(22)23)19-21(12)11-2-1-7-17-13(11)20/h1-7H,8H2,(H,22,23). The molecule has 3 heterocycles. The number of rotatable bonds is 2. The van der Waals surface area contributed by atoms with Crippen molar-refractivity contribution >= 4 is 29.3 Å². The fourth-order valence-electron chi connectivity index (χ4n) is 2.55. The van der Waals surface area contributed by atoms with Crippen molar-refractivity contribution in [2.75, 3.05) is 4.90 Å². The molecule has 0 amide bonds. The minimum atomic E-state index is -1.46. The Morgan fingerprint density at radius 2 is 2.04 bits per heavy atom. The minimum absolute atomic E-state index is 0.217. The molecule has 4 rings (SSSR count). The van der Waals surface area contributed by atoms with Crippen molar-refractivity contribution < 1.29 is 14.6 Å². The Hall–Kier alpha value is -3.13. The van der Waals surface area contributed by atoms with E-state index < -0.39 is 6.16 Å². The summed E-state index contributed by atoms with van der Waals surface area (Å²) in [6, 6.07) is 10.7. The predicted octanol–water partition coefficient (Wildman–Crippen LogP) is 3.02. The smallest absolute Gasteiger partial charge is 0.449 e. The van der Waals surface area contributed by atoms with Crippen molar-refractivity contribution in [1.82, 2.24) is 19.7 Å². The third kappa shape index (κ3) is 2.42. The molecule has 0 saturated carbocycles. The highest BCUT2D eigenvalue weighted by Crippen LogP contribution is 2.35. The number of ether oxygens (including phenoxy) is 1. The van der Waals surface area contributed by atoms with Crippen LogP contribution in [0.25, 0.3) is 5.69 Å². The van der Waals surface area contributed by atoms with Gasteiger partial charge in [-0.15, -0.1) is 5.10 Å². The van der Waals surface area contributed by atoms with Gasteiger partial charge in [0.2, 0.25) is 0 Å². The van der Waals surface area contributed by atoms with Crippen molar-refractivity contribution in [2.24, 2.45) is 0 Å². The van der Waals surface area contributed by atoms with Gasteiger partial charge >= 0.3 is 12.2 Å². The highest BCUT2D eigenvalue weighted by molar-refractivity contribution is 6.30. The monoisotopic (exact) mass is 343 g/mol. The number of hydrogen-bond donors (Lipinski definition) is 1. The summed E-state index contributed by atoms with van der Waals surface area (Å²) in [6.45, 7) is 0.363. The van der Waals surface area contributed by atoms with Crippen LogP contribution in [0, 0.1) is 0 Å². The average Bonchev–Trinajstić information content (AvgIpc) is 2.97. The molecule has 0 spiro atoms. The Bertz CT molecular complexity index is 925. The number of anilines is 2. The van der Waals surface area contributed by atoms with Gasteiger partial charge < -0.3 is 14.7 Å². The van der Waals surface area contributed by atoms with Gasteiger partial charge in [0.05, 0.1) is 6.54 Å². The third-order valence-electron chi connectivity index (χ3n) is 3.52. The molecule has 0 atom stereocenters. The molecule has 0 aliphatic carbocycles. The first-order chi connectivity index (χ1) is 11.6. The largest absolute Gasteiger partial charge is 0.513 e. The molecule has 1 N–H and O–H groups in total. The summed E-state index contributed by atoms with van der Waals surface area (Å²) in [5.74, 6) is 1.22. The van der Waals surface area contributed by atoms with Gasteiger partial charge in [0.15, 0.2) is 11.6 Å². The number of fused-ring (bicyclic) bond motifs is 3. The average molecular weight is 344 g/mol. The molecule has 3 aromatic rings. The molecule has 1 aromatic carbocycles. The lowest BCUT2D eigenvalue weighted by Gasteiger charge is -2.29. The van der Waals surface area contributed by atoms with Gasteiger partial charge in [-0.2, -0.15) is 4.98 Å². The van der Waals surface area contributed by atoms with E-state index in [1.165, 1.54) is 4.68 Å². The predicted molar refractivity (Wildman–Crippen MR) is 85.1 cm³/mol. The van der Waals surface area contributed by atoms with Crippen molar-refractivity contribution in [3.8, 4) is 11.7 Å². The van der Waals surface area contributed by atoms with Crippen LogP contribution in [0.1, 0.15) is 5.82 Å². The highest BCUT2D eigenvalue weighted by atomic mass is 35.5. The van der Waals surface area contributed by atoms with Crippen molar-refractivity contribution in [2.45, 2.75) is 6.54 Å². The van der Waals surface area contributed by atoms with Gasteiger partial charge in [0.1, 0.15) is 5.69 Å². The summed E-state index contributed by atoms with van der Waals surface area (Å²) in [6.07, 6.45) is 0.220. The second-order valence-electron chi connectivity index (χ2n) is 5.00. The summed E-state index contributed by atoms with van der Waals surface area (Å²) in [5.41, 5.74) is 1.57. The Kier molecular flexibility index (Phi) is 3.31. The van der Waals surface area contributed by atoms with Gasteiger partial charge in [-0.3, -0.25) is 0 Å². The van der Waals surface area contributed by atoms with Crippen LogP contribution in [-0.2, 0) is 6.54 Å². The first kappa shape index (κ1) is 14.5. The number of nitrogens with zero attached hydrogens (tertiary/aromatic N) is 5. The first-order valence-electron chi connectivity index (χ1n) is 6.97. The second kappa shape index (κ2) is 5.50. The summed E-state index contributed by atoms with van der Waals surface area (Å²) in [5, 5.41) is 13.5. The number of pyridine rings is 1. The molecule has 0 radical (unpaired) electrons. The maximum atomic E-state index is 10.7. The Balaban J connectivity index is 1.82. The molecule has 0 saturated heterocycles. The number of hydrogen-bond acceptors (Lipinski definition) is 6. The molecule has 1 aliphatic heterocycles. The van der Waals surface area contributed by atoms with Crippen molar-refractivity contribution in [3.63, 3.8) is 0 Å². The topological polar surface area (TPSA) is 93.4 Å². The lowest BCUT2D eigenvalue weighted by molar-refractivity contribution is 0.140. The van der Waals surface area contributed by atoms with Gasteiger partial charge in [-0.25, -0.2) is 14.5 Å². The zero-order valence-electron chi connectivity index (χ0n) is 12.1. The third-order valence-corrected chi connectivity index (χ3v) is 3.77. The van der Waals surface area contributed by atoms with E-state index in [4.69, 9.17) is 16.7 Å². The van der Waals surface area contributed by atoms with Crippen LogP contribution >= 0.6 is 11.6 Å². The van der Waals surface area contributed by atoms with E-state index >= 15 is 0 Å². The van der Waals surface area contributed by atoms with Crippen molar-refractivity contribution in [3.05, 3.63) is 53.4 Å². The van der Waals surface area contributed by atoms with Crippen LogP contribution in [0.3, 0.4) is 0 Å². The molecule has 120 valence electrons. The summed E-state index contributed by atoms with van der Waals surface area (Å²) < 4.78 is 6.09. The lowest BCUT2D eigenvalue weighted by atomic mass is 10.2. The van der Waals surface area contributed by atoms with E-state index in [2.05, 4.69) is 19.8 Å². The number of halogens is 1. The Morgan fingerprint density at radius 1 is 1.25 bits per heavy atom. The minimum Gasteiger partial charge on any atom is -0.449 e. The fraction of sp³-hybridized carbons (Fsp3) is 0.0667. The van der Waals surface area contributed by atoms with Gasteiger partial charge in [-0.05, 0) is 36.4 Å². The fourth-order valence-corrected chi connectivity index (χ4v) is 2.68. The molecule has 0 bridgehead atoms. The van der Waals surface area contributed by atoms with E-state index in [-0.39, 0.29) is 6.01 Å². The molecule has 1 aliphatic rings. The molecule has 8 nitrogen and oxygen atoms in total. The van der Waals surface area contributed by atoms with E-state index in [0.717, 1.165) is 5.69 Å². The van der Waals surface area contributed by atoms with E-state index in [1.807, 2.05) is 23.1 Å². The van der Waals surface area contributed by atoms with Crippen LogP contribution < -0.4 is 9.64 Å². The summed E-state index contributed by atoms with van der Waals surface area (Å²) in [7, 11) is 0. The first-order valence-corrected chi connectivity index (χ1v) is 7.35. The SMILES string of the molecule is O=C(O)Oc1nc2n(n1)-c1cccnc1N(c1ccc(Cl)cc1)C2. The van der Waals surface area contributed by atoms with Crippen LogP contribution in [0.2, 0.25) is 5.02 Å². The second-order valence-corrected chi connectivity index (χ2v) is 5.44. The van der Waals surface area contributed by atoms with Crippen LogP contribution in [-0.4, -0.2) is 31.0 Å². The van der Waals surface area contributed by atoms with Crippen LogP contribution in [0.4, 0.5) is 16.3 Å². The van der Waals surface area contributed by atoms with E-state index in [1.54, 1.807) is 24.4 Å². The molecule has 2 aromatic heterocycles. The number of benzene rings is 1. The molecule has 9 heteroatoms. The van der Waals surface area contributed by atoms with Gasteiger partial charge in [-0.1, -0.05) is 11.6 Å². The highest BCUT2D eigenvalue weighted by Gasteiger charge is 2.28. The van der Waals surface area contributed by atoms with Crippen LogP contribution in [0.15, 0.2) is 42.6 Å². The molecular weight excluding hydrogens is 334 g/mol. The number of carbonyl (C=O) groups is 1. The Morgan fingerprint density at radius 3 is 2.79 bits per heavy atom. The maximum Gasteiger partial charge on any atom is 0.513 e. The quantitative estimate of drug-likeness (QED) is 0.715. The van der Waals surface area contributed by atoms with Crippen LogP contribution in [0.5, 0.6) is 6.01 Å². The van der Waals surface area contributed by atoms with E-state index in [9.17, 15) is 4.79 Å². The summed E-state index contributed by atoms with van der Waals surface area (Å²) in [4.78, 5) is 21.2. The lowest BCUT2D eigenvalue weighted by Crippen LogP contribution is -2.27. The summed E-state index contributed by atoms with van der Waals surface area (Å²) >= 11 is 5.95. The Labute approximate surface area is 140 Å². The molecule has 0 fully saturated rings. The number of aromatic nitrogens is 4. The zero-order valence-corrected chi connectivity index (χ0v) is 12.9.